The lowest BCUT2D eigenvalue weighted by atomic mass is 10.0. The molecule has 4 nitrogen and oxygen atoms in total. The van der Waals surface area contributed by atoms with Gasteiger partial charge in [-0.05, 0) is 37.8 Å². The van der Waals surface area contributed by atoms with Crippen molar-refractivity contribution in [2.24, 2.45) is 5.92 Å². The zero-order chi connectivity index (χ0) is 13.2. The van der Waals surface area contributed by atoms with E-state index in [-0.39, 0.29) is 16.1 Å². The lowest BCUT2D eigenvalue weighted by molar-refractivity contribution is 0.424. The topological polar surface area (TPSA) is 59.1 Å². The maximum atomic E-state index is 12.2. The van der Waals surface area contributed by atoms with Crippen LogP contribution in [-0.2, 0) is 10.0 Å². The molecule has 18 heavy (non-hydrogen) atoms. The smallest absolute Gasteiger partial charge is 0.240 e. The Morgan fingerprint density at radius 2 is 2.11 bits per heavy atom. The first-order valence-electron chi connectivity index (χ1n) is 6.13. The van der Waals surface area contributed by atoms with Crippen molar-refractivity contribution in [2.45, 2.75) is 43.5 Å². The summed E-state index contributed by atoms with van der Waals surface area (Å²) in [7, 11) is -3.49. The number of rotatable bonds is 4. The van der Waals surface area contributed by atoms with Gasteiger partial charge < -0.3 is 0 Å². The Balaban J connectivity index is 2.11. The normalized spacial score (nSPS) is 19.0. The fourth-order valence-corrected chi connectivity index (χ4v) is 3.98. The third-order valence-electron chi connectivity index (χ3n) is 3.46. The summed E-state index contributed by atoms with van der Waals surface area (Å²) in [5.41, 5.74) is 0. The van der Waals surface area contributed by atoms with E-state index in [2.05, 4.69) is 9.71 Å². The van der Waals surface area contributed by atoms with Gasteiger partial charge >= 0.3 is 0 Å². The Labute approximate surface area is 113 Å². The number of halogens is 1. The molecule has 0 spiro atoms. The molecule has 1 unspecified atom stereocenters. The number of nitrogens with zero attached hydrogens (tertiary/aromatic N) is 1. The molecule has 0 amide bonds. The van der Waals surface area contributed by atoms with Crippen molar-refractivity contribution in [1.29, 1.82) is 0 Å². The molecular weight excluding hydrogens is 272 g/mol. The third-order valence-corrected chi connectivity index (χ3v) is 5.22. The number of aromatic nitrogens is 1. The fraction of sp³-hybridized carbons (Fsp3) is 0.583. The summed E-state index contributed by atoms with van der Waals surface area (Å²) < 4.78 is 27.0. The van der Waals surface area contributed by atoms with E-state index in [0.29, 0.717) is 5.92 Å². The van der Waals surface area contributed by atoms with Gasteiger partial charge in [0.15, 0.2) is 0 Å². The lowest BCUT2D eigenvalue weighted by Crippen LogP contribution is -2.37. The second-order valence-corrected chi connectivity index (χ2v) is 6.87. The number of nitrogens with one attached hydrogen (secondary N) is 1. The van der Waals surface area contributed by atoms with Gasteiger partial charge in [0.05, 0.1) is 4.90 Å². The molecule has 0 aromatic carbocycles. The van der Waals surface area contributed by atoms with E-state index < -0.39 is 10.0 Å². The Kier molecular flexibility index (Phi) is 4.25. The molecule has 1 atom stereocenters. The van der Waals surface area contributed by atoms with E-state index >= 15 is 0 Å². The minimum Gasteiger partial charge on any atom is -0.244 e. The van der Waals surface area contributed by atoms with Crippen molar-refractivity contribution in [1.82, 2.24) is 9.71 Å². The van der Waals surface area contributed by atoms with E-state index in [0.717, 1.165) is 12.8 Å². The number of sulfonamides is 1. The molecular formula is C12H17ClN2O2S. The summed E-state index contributed by atoms with van der Waals surface area (Å²) in [6, 6.07) is 2.78. The van der Waals surface area contributed by atoms with Gasteiger partial charge in [0.1, 0.15) is 5.15 Å². The van der Waals surface area contributed by atoms with Gasteiger partial charge in [0, 0.05) is 12.2 Å². The highest BCUT2D eigenvalue weighted by Gasteiger charge is 2.26. The molecule has 1 aromatic rings. The van der Waals surface area contributed by atoms with Crippen LogP contribution in [0.25, 0.3) is 0 Å². The van der Waals surface area contributed by atoms with Crippen molar-refractivity contribution in [3.63, 3.8) is 0 Å². The summed E-state index contributed by atoms with van der Waals surface area (Å²) >= 11 is 5.71. The average molecular weight is 289 g/mol. The van der Waals surface area contributed by atoms with E-state index in [1.807, 2.05) is 6.92 Å². The van der Waals surface area contributed by atoms with Gasteiger partial charge in [-0.25, -0.2) is 18.1 Å². The Morgan fingerprint density at radius 1 is 1.44 bits per heavy atom. The molecule has 6 heteroatoms. The monoisotopic (exact) mass is 288 g/mol. The van der Waals surface area contributed by atoms with Crippen LogP contribution in [0.3, 0.4) is 0 Å². The third kappa shape index (κ3) is 3.22. The molecule has 1 heterocycles. The van der Waals surface area contributed by atoms with Crippen LogP contribution in [-0.4, -0.2) is 19.4 Å². The number of pyridine rings is 1. The van der Waals surface area contributed by atoms with Crippen molar-refractivity contribution < 1.29 is 8.42 Å². The van der Waals surface area contributed by atoms with Crippen LogP contribution < -0.4 is 4.72 Å². The predicted molar refractivity (Wildman–Crippen MR) is 71.0 cm³/mol. The Bertz CT molecular complexity index is 513. The molecule has 0 aliphatic heterocycles. The molecule has 1 fully saturated rings. The molecule has 100 valence electrons. The summed E-state index contributed by atoms with van der Waals surface area (Å²) in [4.78, 5) is 3.96. The van der Waals surface area contributed by atoms with Crippen LogP contribution in [0.2, 0.25) is 5.15 Å². The zero-order valence-corrected chi connectivity index (χ0v) is 11.8. The highest BCUT2D eigenvalue weighted by atomic mass is 35.5. The van der Waals surface area contributed by atoms with Gasteiger partial charge in [-0.2, -0.15) is 0 Å². The van der Waals surface area contributed by atoms with Crippen molar-refractivity contribution in [3.05, 3.63) is 23.5 Å². The predicted octanol–water partition coefficient (Wildman–Crippen LogP) is 2.59. The van der Waals surface area contributed by atoms with E-state index in [4.69, 9.17) is 11.6 Å². The van der Waals surface area contributed by atoms with Gasteiger partial charge in [-0.1, -0.05) is 24.4 Å². The zero-order valence-electron chi connectivity index (χ0n) is 10.3. The molecule has 0 bridgehead atoms. The molecule has 1 aromatic heterocycles. The first-order chi connectivity index (χ1) is 8.49. The molecule has 0 radical (unpaired) electrons. The maximum Gasteiger partial charge on any atom is 0.240 e. The van der Waals surface area contributed by atoms with Crippen LogP contribution >= 0.6 is 11.6 Å². The lowest BCUT2D eigenvalue weighted by Gasteiger charge is -2.20. The molecule has 1 saturated carbocycles. The van der Waals surface area contributed by atoms with Gasteiger partial charge in [0.2, 0.25) is 10.0 Å². The minimum absolute atomic E-state index is 0.0376. The molecule has 1 aliphatic rings. The van der Waals surface area contributed by atoms with Gasteiger partial charge in [0.25, 0.3) is 0 Å². The largest absolute Gasteiger partial charge is 0.244 e. The average Bonchev–Trinajstić information content (AvgIpc) is 2.82. The van der Waals surface area contributed by atoms with Crippen LogP contribution in [0.1, 0.15) is 32.6 Å². The van der Waals surface area contributed by atoms with Crippen molar-refractivity contribution in [2.75, 3.05) is 0 Å². The second-order valence-electron chi connectivity index (χ2n) is 4.77. The highest BCUT2D eigenvalue weighted by molar-refractivity contribution is 7.89. The van der Waals surface area contributed by atoms with Crippen molar-refractivity contribution in [3.8, 4) is 0 Å². The Morgan fingerprint density at radius 3 is 2.72 bits per heavy atom. The van der Waals surface area contributed by atoms with Crippen LogP contribution in [0.5, 0.6) is 0 Å². The quantitative estimate of drug-likeness (QED) is 0.867. The molecule has 1 N–H and O–H groups in total. The molecule has 1 aliphatic carbocycles. The highest BCUT2D eigenvalue weighted by Crippen LogP contribution is 2.28. The van der Waals surface area contributed by atoms with E-state index in [1.54, 1.807) is 0 Å². The summed E-state index contributed by atoms with van der Waals surface area (Å²) in [6.07, 6.45) is 5.98. The molecule has 2 rings (SSSR count). The first-order valence-corrected chi connectivity index (χ1v) is 7.99. The second kappa shape index (κ2) is 5.55. The number of hydrogen-bond acceptors (Lipinski definition) is 3. The van der Waals surface area contributed by atoms with Crippen LogP contribution in [0, 0.1) is 5.92 Å². The number of hydrogen-bond donors (Lipinski definition) is 1. The molecule has 0 saturated heterocycles. The van der Waals surface area contributed by atoms with E-state index in [1.165, 1.54) is 31.2 Å². The standard InChI is InChI=1S/C12H17ClN2O2S/c1-9(10-4-2-3-5-10)15-18(16,17)11-6-7-14-12(13)8-11/h6-10,15H,2-5H2,1H3. The van der Waals surface area contributed by atoms with Gasteiger partial charge in [-0.15, -0.1) is 0 Å². The van der Waals surface area contributed by atoms with E-state index in [9.17, 15) is 8.42 Å². The van der Waals surface area contributed by atoms with Crippen LogP contribution in [0.15, 0.2) is 23.2 Å². The van der Waals surface area contributed by atoms with Gasteiger partial charge in [-0.3, -0.25) is 0 Å². The first kappa shape index (κ1) is 13.8. The maximum absolute atomic E-state index is 12.2. The minimum atomic E-state index is -3.49. The SMILES string of the molecule is CC(NS(=O)(=O)c1ccnc(Cl)c1)C1CCCC1. The summed E-state index contributed by atoms with van der Waals surface area (Å²) in [5, 5.41) is 0.186. The van der Waals surface area contributed by atoms with Crippen molar-refractivity contribution >= 4 is 21.6 Å². The van der Waals surface area contributed by atoms with Crippen LogP contribution in [0.4, 0.5) is 0 Å². The Hall–Kier alpha value is -0.650. The fourth-order valence-electron chi connectivity index (χ4n) is 2.42. The summed E-state index contributed by atoms with van der Waals surface area (Å²) in [5.74, 6) is 0.442. The summed E-state index contributed by atoms with van der Waals surface area (Å²) in [6.45, 7) is 1.93.